The molecule has 1 rings (SSSR count). The van der Waals surface area contributed by atoms with Crippen molar-refractivity contribution >= 4 is 17.7 Å². The Balaban J connectivity index is 2.81. The van der Waals surface area contributed by atoms with Gasteiger partial charge in [-0.25, -0.2) is 5.90 Å². The summed E-state index contributed by atoms with van der Waals surface area (Å²) in [6, 6.07) is 5.75. The van der Waals surface area contributed by atoms with Crippen molar-refractivity contribution in [1.29, 1.82) is 0 Å². The molecule has 0 saturated heterocycles. The van der Waals surface area contributed by atoms with Gasteiger partial charge in [0.05, 0.1) is 6.61 Å². The van der Waals surface area contributed by atoms with Crippen LogP contribution in [0.3, 0.4) is 0 Å². The number of benzene rings is 1. The number of nitrogens with two attached hydrogens (primary N) is 1. The number of halogens is 1. The lowest BCUT2D eigenvalue weighted by atomic mass is 10.1. The van der Waals surface area contributed by atoms with Gasteiger partial charge in [0.1, 0.15) is 0 Å². The largest absolute Gasteiger partial charge is 0.300 e. The lowest BCUT2D eigenvalue weighted by Crippen LogP contribution is -1.97. The highest BCUT2D eigenvalue weighted by molar-refractivity contribution is 6.30. The molecule has 0 bridgehead atoms. The SMILES string of the molecule is Cc1ccc(Cl)cc1C=CCON. The van der Waals surface area contributed by atoms with Gasteiger partial charge < -0.3 is 4.84 Å². The molecule has 3 heteroatoms. The summed E-state index contributed by atoms with van der Waals surface area (Å²) in [5.41, 5.74) is 2.27. The molecule has 2 N–H and O–H groups in total. The van der Waals surface area contributed by atoms with Crippen molar-refractivity contribution < 1.29 is 4.84 Å². The van der Waals surface area contributed by atoms with Crippen LogP contribution in [0.2, 0.25) is 5.02 Å². The summed E-state index contributed by atoms with van der Waals surface area (Å²) in [6.07, 6.45) is 3.78. The number of hydrogen-bond acceptors (Lipinski definition) is 2. The predicted molar refractivity (Wildman–Crippen MR) is 55.4 cm³/mol. The summed E-state index contributed by atoms with van der Waals surface area (Å²) in [4.78, 5) is 4.41. The van der Waals surface area contributed by atoms with Crippen LogP contribution in [0, 0.1) is 6.92 Å². The van der Waals surface area contributed by atoms with Gasteiger partial charge in [0.15, 0.2) is 0 Å². The van der Waals surface area contributed by atoms with Crippen LogP contribution in [-0.2, 0) is 4.84 Å². The molecule has 0 aliphatic heterocycles. The van der Waals surface area contributed by atoms with E-state index in [0.29, 0.717) is 6.61 Å². The molecule has 0 aromatic heterocycles. The second kappa shape index (κ2) is 5.02. The standard InChI is InChI=1S/C10H12ClNO/c1-8-4-5-10(11)7-9(8)3-2-6-13-12/h2-5,7H,6,12H2,1H3. The Kier molecular flexibility index (Phi) is 3.96. The molecule has 0 fully saturated rings. The van der Waals surface area contributed by atoms with E-state index in [0.717, 1.165) is 10.6 Å². The average molecular weight is 198 g/mol. The highest BCUT2D eigenvalue weighted by Crippen LogP contribution is 2.16. The highest BCUT2D eigenvalue weighted by Gasteiger charge is 1.94. The van der Waals surface area contributed by atoms with E-state index in [1.165, 1.54) is 5.56 Å². The zero-order valence-corrected chi connectivity index (χ0v) is 8.21. The third-order valence-corrected chi connectivity index (χ3v) is 1.97. The summed E-state index contributed by atoms with van der Waals surface area (Å²) >= 11 is 5.84. The minimum Gasteiger partial charge on any atom is -0.300 e. The maximum atomic E-state index is 5.84. The molecule has 0 heterocycles. The summed E-state index contributed by atoms with van der Waals surface area (Å²) in [5.74, 6) is 4.88. The maximum absolute atomic E-state index is 5.84. The van der Waals surface area contributed by atoms with Crippen molar-refractivity contribution in [1.82, 2.24) is 0 Å². The number of hydrogen-bond donors (Lipinski definition) is 1. The van der Waals surface area contributed by atoms with E-state index in [-0.39, 0.29) is 0 Å². The van der Waals surface area contributed by atoms with Gasteiger partial charge in [-0.3, -0.25) is 0 Å². The molecule has 2 nitrogen and oxygen atoms in total. The second-order valence-electron chi connectivity index (χ2n) is 2.74. The summed E-state index contributed by atoms with van der Waals surface area (Å²) in [6.45, 7) is 2.44. The molecule has 0 spiro atoms. The molecule has 0 amide bonds. The quantitative estimate of drug-likeness (QED) is 0.756. The predicted octanol–water partition coefficient (Wildman–Crippen LogP) is 2.55. The van der Waals surface area contributed by atoms with Crippen LogP contribution < -0.4 is 5.90 Å². The second-order valence-corrected chi connectivity index (χ2v) is 3.17. The van der Waals surface area contributed by atoms with E-state index in [1.54, 1.807) is 0 Å². The first-order valence-electron chi connectivity index (χ1n) is 3.98. The number of aryl methyl sites for hydroxylation is 1. The van der Waals surface area contributed by atoms with E-state index < -0.39 is 0 Å². The van der Waals surface area contributed by atoms with Crippen molar-refractivity contribution in [2.75, 3.05) is 6.61 Å². The Morgan fingerprint density at radius 3 is 3.00 bits per heavy atom. The molecular formula is C10H12ClNO. The summed E-state index contributed by atoms with van der Waals surface area (Å²) in [5, 5.41) is 0.735. The van der Waals surface area contributed by atoms with Crippen LogP contribution in [0.25, 0.3) is 6.08 Å². The number of rotatable bonds is 3. The normalized spacial score (nSPS) is 11.0. The lowest BCUT2D eigenvalue weighted by molar-refractivity contribution is 0.168. The molecule has 13 heavy (non-hydrogen) atoms. The first-order valence-corrected chi connectivity index (χ1v) is 4.36. The third-order valence-electron chi connectivity index (χ3n) is 1.73. The molecule has 0 saturated carbocycles. The molecule has 0 radical (unpaired) electrons. The van der Waals surface area contributed by atoms with Crippen molar-refractivity contribution in [3.05, 3.63) is 40.4 Å². The van der Waals surface area contributed by atoms with Crippen molar-refractivity contribution in [3.63, 3.8) is 0 Å². The van der Waals surface area contributed by atoms with Gasteiger partial charge >= 0.3 is 0 Å². The van der Waals surface area contributed by atoms with E-state index in [4.69, 9.17) is 17.5 Å². The van der Waals surface area contributed by atoms with Gasteiger partial charge in [-0.1, -0.05) is 29.8 Å². The van der Waals surface area contributed by atoms with Crippen LogP contribution in [0.4, 0.5) is 0 Å². The van der Waals surface area contributed by atoms with Gasteiger partial charge in [-0.05, 0) is 30.2 Å². The fourth-order valence-corrected chi connectivity index (χ4v) is 1.20. The van der Waals surface area contributed by atoms with E-state index in [2.05, 4.69) is 4.84 Å². The van der Waals surface area contributed by atoms with Crippen molar-refractivity contribution in [2.45, 2.75) is 6.92 Å². The fourth-order valence-electron chi connectivity index (χ4n) is 1.02. The molecule has 0 aliphatic rings. The Bertz CT molecular complexity index is 310. The van der Waals surface area contributed by atoms with E-state index in [1.807, 2.05) is 37.3 Å². The smallest absolute Gasteiger partial charge is 0.0864 e. The van der Waals surface area contributed by atoms with E-state index in [9.17, 15) is 0 Å². The van der Waals surface area contributed by atoms with Gasteiger partial charge in [0.2, 0.25) is 0 Å². The Morgan fingerprint density at radius 1 is 1.54 bits per heavy atom. The van der Waals surface area contributed by atoms with Crippen LogP contribution in [-0.4, -0.2) is 6.61 Å². The van der Waals surface area contributed by atoms with Crippen molar-refractivity contribution in [2.24, 2.45) is 5.90 Å². The zero-order chi connectivity index (χ0) is 9.68. The molecule has 0 atom stereocenters. The molecule has 0 unspecified atom stereocenters. The van der Waals surface area contributed by atoms with Gasteiger partial charge in [0.25, 0.3) is 0 Å². The summed E-state index contributed by atoms with van der Waals surface area (Å²) < 4.78 is 0. The minimum atomic E-state index is 0.409. The van der Waals surface area contributed by atoms with Gasteiger partial charge in [0, 0.05) is 5.02 Å². The third kappa shape index (κ3) is 3.19. The molecule has 0 aliphatic carbocycles. The Hall–Kier alpha value is -0.830. The van der Waals surface area contributed by atoms with Crippen LogP contribution in [0.1, 0.15) is 11.1 Å². The fraction of sp³-hybridized carbons (Fsp3) is 0.200. The lowest BCUT2D eigenvalue weighted by Gasteiger charge is -2.00. The minimum absolute atomic E-state index is 0.409. The topological polar surface area (TPSA) is 35.2 Å². The Labute approximate surface area is 82.9 Å². The maximum Gasteiger partial charge on any atom is 0.0864 e. The van der Waals surface area contributed by atoms with Crippen LogP contribution in [0.15, 0.2) is 24.3 Å². The molecular weight excluding hydrogens is 186 g/mol. The van der Waals surface area contributed by atoms with Gasteiger partial charge in [-0.2, -0.15) is 0 Å². The molecule has 1 aromatic carbocycles. The van der Waals surface area contributed by atoms with Gasteiger partial charge in [-0.15, -0.1) is 0 Å². The van der Waals surface area contributed by atoms with E-state index >= 15 is 0 Å². The van der Waals surface area contributed by atoms with Crippen LogP contribution >= 0.6 is 11.6 Å². The molecule has 70 valence electrons. The first-order chi connectivity index (χ1) is 6.24. The average Bonchev–Trinajstić information content (AvgIpc) is 2.11. The zero-order valence-electron chi connectivity index (χ0n) is 7.46. The Morgan fingerprint density at radius 2 is 2.31 bits per heavy atom. The highest BCUT2D eigenvalue weighted by atomic mass is 35.5. The van der Waals surface area contributed by atoms with Crippen LogP contribution in [0.5, 0.6) is 0 Å². The van der Waals surface area contributed by atoms with Crippen molar-refractivity contribution in [3.8, 4) is 0 Å². The summed E-state index contributed by atoms with van der Waals surface area (Å²) in [7, 11) is 0. The monoisotopic (exact) mass is 197 g/mol. The molecule has 1 aromatic rings. The first kappa shape index (κ1) is 10.3.